The zero-order valence-electron chi connectivity index (χ0n) is 20.9. The number of alkyl halides is 6. The first-order valence-corrected chi connectivity index (χ1v) is 13.6. The van der Waals surface area contributed by atoms with Gasteiger partial charge in [-0.25, -0.2) is 8.42 Å². The number of anilines is 1. The molecule has 1 aliphatic heterocycles. The third kappa shape index (κ3) is 7.29. The molecule has 1 heterocycles. The topological polar surface area (TPSA) is 84.9 Å². The number of hydrogen-bond acceptors (Lipinski definition) is 6. The maximum absolute atomic E-state index is 14.0. The van der Waals surface area contributed by atoms with Crippen molar-refractivity contribution >= 4 is 21.4 Å². The normalized spacial score (nSPS) is 15.8. The smallest absolute Gasteiger partial charge is 0.379 e. The predicted molar refractivity (Wildman–Crippen MR) is 130 cm³/mol. The number of benzene rings is 2. The lowest BCUT2D eigenvalue weighted by Crippen LogP contribution is -2.56. The molecule has 2 aromatic carbocycles. The van der Waals surface area contributed by atoms with Crippen molar-refractivity contribution in [3.05, 3.63) is 59.7 Å². The van der Waals surface area contributed by atoms with Crippen molar-refractivity contribution in [1.82, 2.24) is 4.90 Å². The van der Waals surface area contributed by atoms with Gasteiger partial charge in [0.15, 0.2) is 9.84 Å². The molecule has 0 atom stereocenters. The number of sulfone groups is 1. The number of halogens is 6. The monoisotopic (exact) mass is 582 g/mol. The fourth-order valence-electron chi connectivity index (χ4n) is 4.05. The van der Waals surface area contributed by atoms with Crippen LogP contribution >= 0.6 is 0 Å². The van der Waals surface area contributed by atoms with Gasteiger partial charge in [-0.15, -0.1) is 0 Å². The van der Waals surface area contributed by atoms with Crippen molar-refractivity contribution in [2.75, 3.05) is 50.5 Å². The highest BCUT2D eigenvalue weighted by molar-refractivity contribution is 7.91. The summed E-state index contributed by atoms with van der Waals surface area (Å²) in [6.45, 7) is 1.90. The van der Waals surface area contributed by atoms with Gasteiger partial charge in [0, 0.05) is 30.9 Å². The van der Waals surface area contributed by atoms with E-state index in [-0.39, 0.29) is 29.3 Å². The zero-order chi connectivity index (χ0) is 28.9. The molecule has 39 heavy (non-hydrogen) atoms. The maximum atomic E-state index is 14.0. The Balaban J connectivity index is 1.74. The van der Waals surface area contributed by atoms with Gasteiger partial charge in [-0.1, -0.05) is 31.2 Å². The van der Waals surface area contributed by atoms with E-state index in [1.807, 2.05) is 0 Å². The fraction of sp³-hybridized carbons (Fsp3) is 0.480. The summed E-state index contributed by atoms with van der Waals surface area (Å²) in [6.07, 6.45) is -11.8. The van der Waals surface area contributed by atoms with Crippen molar-refractivity contribution in [3.63, 3.8) is 0 Å². The number of hydrogen-bond donors (Lipinski definition) is 1. The van der Waals surface area contributed by atoms with Crippen molar-refractivity contribution in [2.24, 2.45) is 0 Å². The van der Waals surface area contributed by atoms with Crippen LogP contribution in [-0.2, 0) is 36.1 Å². The van der Waals surface area contributed by atoms with Gasteiger partial charge in [0.2, 0.25) is 5.91 Å². The molecule has 0 unspecified atom stereocenters. The molecule has 0 bridgehead atoms. The van der Waals surface area contributed by atoms with Gasteiger partial charge in [-0.05, 0) is 29.8 Å². The number of carbonyl (C=O) groups excluding carboxylic acids is 1. The number of morpholine rings is 1. The molecule has 0 aromatic heterocycles. The molecule has 0 spiro atoms. The first kappa shape index (κ1) is 30.9. The first-order valence-electron chi connectivity index (χ1n) is 12.0. The molecular weight excluding hydrogens is 554 g/mol. The quantitative estimate of drug-likeness (QED) is 0.420. The number of amides is 1. The molecule has 1 aliphatic rings. The Morgan fingerprint density at radius 3 is 2.03 bits per heavy atom. The highest BCUT2D eigenvalue weighted by Crippen LogP contribution is 2.53. The van der Waals surface area contributed by atoms with Crippen LogP contribution in [0, 0.1) is 0 Å². The summed E-state index contributed by atoms with van der Waals surface area (Å²) in [5.41, 5.74) is -5.30. The van der Waals surface area contributed by atoms with Crippen LogP contribution < -0.4 is 5.32 Å². The van der Waals surface area contributed by atoms with Crippen LogP contribution in [0.3, 0.4) is 0 Å². The van der Waals surface area contributed by atoms with Crippen LogP contribution in [0.15, 0.2) is 53.4 Å². The van der Waals surface area contributed by atoms with E-state index in [9.17, 15) is 39.6 Å². The van der Waals surface area contributed by atoms with E-state index in [0.717, 1.165) is 12.1 Å². The lowest BCUT2D eigenvalue weighted by molar-refractivity contribution is -0.389. The van der Waals surface area contributed by atoms with Gasteiger partial charge >= 0.3 is 12.4 Å². The molecule has 0 saturated carbocycles. The Morgan fingerprint density at radius 1 is 0.949 bits per heavy atom. The number of carbonyl (C=O) groups is 1. The Hall–Kier alpha value is -2.68. The van der Waals surface area contributed by atoms with Crippen LogP contribution in [0.5, 0.6) is 0 Å². The van der Waals surface area contributed by atoms with Crippen LogP contribution in [0.2, 0.25) is 0 Å². The van der Waals surface area contributed by atoms with Crippen LogP contribution in [0.25, 0.3) is 0 Å². The molecule has 1 fully saturated rings. The van der Waals surface area contributed by atoms with Crippen LogP contribution in [0.1, 0.15) is 18.1 Å². The van der Waals surface area contributed by atoms with E-state index in [4.69, 9.17) is 4.74 Å². The number of ether oxygens (including phenoxy) is 2. The Labute approximate surface area is 222 Å². The Kier molecular flexibility index (Phi) is 9.68. The second-order valence-electron chi connectivity index (χ2n) is 8.83. The highest BCUT2D eigenvalue weighted by Gasteiger charge is 2.73. The fourth-order valence-corrected chi connectivity index (χ4v) is 4.93. The van der Waals surface area contributed by atoms with E-state index in [1.165, 1.54) is 31.2 Å². The highest BCUT2D eigenvalue weighted by atomic mass is 32.2. The summed E-state index contributed by atoms with van der Waals surface area (Å²) in [5, 5.41) is 2.41. The lowest BCUT2D eigenvalue weighted by atomic mass is 9.91. The molecule has 1 N–H and O–H groups in total. The summed E-state index contributed by atoms with van der Waals surface area (Å²) < 4.78 is 118. The van der Waals surface area contributed by atoms with Gasteiger partial charge in [0.05, 0.1) is 36.9 Å². The molecule has 7 nitrogen and oxygen atoms in total. The number of rotatable bonds is 10. The van der Waals surface area contributed by atoms with Crippen molar-refractivity contribution in [2.45, 2.75) is 36.2 Å². The SMILES string of the molecule is CCS(=O)(=O)c1ccc(CC(=O)Nc2ccc(C(OCCN3CCOCC3)(C(F)(F)F)C(F)(F)F)cc2)cc1. The molecule has 0 aliphatic carbocycles. The summed E-state index contributed by atoms with van der Waals surface area (Å²) in [4.78, 5) is 14.1. The molecule has 3 rings (SSSR count). The molecule has 1 amide bonds. The largest absolute Gasteiger partial charge is 0.430 e. The average molecular weight is 583 g/mol. The van der Waals surface area contributed by atoms with Crippen LogP contribution in [-0.4, -0.2) is 76.8 Å². The maximum Gasteiger partial charge on any atom is 0.430 e. The summed E-state index contributed by atoms with van der Waals surface area (Å²) in [5.74, 6) is -0.695. The van der Waals surface area contributed by atoms with E-state index < -0.39 is 45.9 Å². The van der Waals surface area contributed by atoms with E-state index in [1.54, 1.807) is 4.90 Å². The van der Waals surface area contributed by atoms with E-state index in [2.05, 4.69) is 10.1 Å². The third-order valence-electron chi connectivity index (χ3n) is 6.23. The first-order chi connectivity index (χ1) is 18.2. The minimum Gasteiger partial charge on any atom is -0.379 e. The lowest BCUT2D eigenvalue weighted by Gasteiger charge is -2.38. The molecule has 1 saturated heterocycles. The van der Waals surface area contributed by atoms with E-state index >= 15 is 0 Å². The average Bonchev–Trinajstić information content (AvgIpc) is 2.86. The Morgan fingerprint density at radius 2 is 1.51 bits per heavy atom. The summed E-state index contributed by atoms with van der Waals surface area (Å²) in [6, 6.07) is 8.70. The number of nitrogens with one attached hydrogen (secondary N) is 1. The van der Waals surface area contributed by atoms with Crippen molar-refractivity contribution in [3.8, 4) is 0 Å². The van der Waals surface area contributed by atoms with Gasteiger partial charge in [0.25, 0.3) is 5.60 Å². The third-order valence-corrected chi connectivity index (χ3v) is 7.98. The standard InChI is InChI=1S/C25H28F6N2O5S/c1-2-39(35,36)21-9-3-18(4-10-21)17-22(34)32-20-7-5-19(6-8-20)23(24(26,27)28,25(29,30)31)38-16-13-33-11-14-37-15-12-33/h3-10H,2,11-17H2,1H3,(H,32,34). The minimum atomic E-state index is -5.82. The molecule has 216 valence electrons. The Bertz CT molecular complexity index is 1200. The van der Waals surface area contributed by atoms with Crippen molar-refractivity contribution in [1.29, 1.82) is 0 Å². The molecule has 2 aromatic rings. The summed E-state index contributed by atoms with van der Waals surface area (Å²) in [7, 11) is -3.42. The zero-order valence-corrected chi connectivity index (χ0v) is 21.8. The molecular formula is C25H28F6N2O5S. The van der Waals surface area contributed by atoms with Gasteiger partial charge in [-0.2, -0.15) is 26.3 Å². The number of nitrogens with zero attached hydrogens (tertiary/aromatic N) is 1. The van der Waals surface area contributed by atoms with Crippen molar-refractivity contribution < 1.29 is 49.0 Å². The predicted octanol–water partition coefficient (Wildman–Crippen LogP) is 4.33. The van der Waals surface area contributed by atoms with Crippen LogP contribution in [0.4, 0.5) is 32.0 Å². The second kappa shape index (κ2) is 12.2. The minimum absolute atomic E-state index is 0.0273. The van der Waals surface area contributed by atoms with Gasteiger partial charge in [-0.3, -0.25) is 9.69 Å². The van der Waals surface area contributed by atoms with Gasteiger partial charge in [0.1, 0.15) is 0 Å². The molecule has 0 radical (unpaired) electrons. The van der Waals surface area contributed by atoms with Gasteiger partial charge < -0.3 is 14.8 Å². The van der Waals surface area contributed by atoms with E-state index in [0.29, 0.717) is 44.0 Å². The summed E-state index contributed by atoms with van der Waals surface area (Å²) >= 11 is 0. The molecule has 14 heteroatoms. The second-order valence-corrected chi connectivity index (χ2v) is 11.1.